The molecule has 0 unspecified atom stereocenters. The molecule has 1 aliphatic heterocycles. The molecule has 26 heavy (non-hydrogen) atoms. The molecule has 0 saturated heterocycles. The Balaban J connectivity index is 1.87. The Morgan fingerprint density at radius 1 is 1.23 bits per heavy atom. The van der Waals surface area contributed by atoms with E-state index in [1.54, 1.807) is 6.07 Å². The van der Waals surface area contributed by atoms with Gasteiger partial charge in [0.05, 0.1) is 16.5 Å². The van der Waals surface area contributed by atoms with E-state index in [0.29, 0.717) is 0 Å². The standard InChI is InChI=1S/C17H10F3NO4S/c18-10-5-9(8-21)6-11(7-10)25-13-1-2-14-15-12(13)3-4-16(15,22)17(19,20)26(14,23)24/h1-2,5-7,22H,3-4H2/t16-/m0/s1. The molecule has 2 aromatic carbocycles. The van der Waals surface area contributed by atoms with Gasteiger partial charge in [0.2, 0.25) is 9.84 Å². The number of sulfone groups is 1. The minimum Gasteiger partial charge on any atom is -0.457 e. The van der Waals surface area contributed by atoms with Crippen LogP contribution in [-0.4, -0.2) is 18.8 Å². The SMILES string of the molecule is N#Cc1cc(F)cc(Oc2ccc3c4c2CC[C@@]4(O)C(F)(F)S3(=O)=O)c1. The van der Waals surface area contributed by atoms with Crippen LogP contribution in [0.3, 0.4) is 0 Å². The van der Waals surface area contributed by atoms with Gasteiger partial charge in [-0.3, -0.25) is 0 Å². The number of halogens is 3. The third-order valence-electron chi connectivity index (χ3n) is 4.72. The van der Waals surface area contributed by atoms with Gasteiger partial charge in [-0.15, -0.1) is 0 Å². The van der Waals surface area contributed by atoms with Crippen molar-refractivity contribution in [2.75, 3.05) is 0 Å². The summed E-state index contributed by atoms with van der Waals surface area (Å²) in [5.74, 6) is -0.731. The lowest BCUT2D eigenvalue weighted by Crippen LogP contribution is -2.43. The minimum absolute atomic E-state index is 0.00296. The molecule has 1 atom stereocenters. The van der Waals surface area contributed by atoms with Crippen molar-refractivity contribution >= 4 is 9.84 Å². The molecule has 2 aliphatic rings. The van der Waals surface area contributed by atoms with Crippen molar-refractivity contribution < 1.29 is 31.4 Å². The van der Waals surface area contributed by atoms with Crippen LogP contribution in [0.2, 0.25) is 0 Å². The Labute approximate surface area is 146 Å². The van der Waals surface area contributed by atoms with Crippen molar-refractivity contribution in [3.63, 3.8) is 0 Å². The van der Waals surface area contributed by atoms with E-state index in [-0.39, 0.29) is 34.6 Å². The number of aliphatic hydroxyl groups is 1. The van der Waals surface area contributed by atoms with E-state index < -0.39 is 37.8 Å². The molecule has 0 amide bonds. The Kier molecular flexibility index (Phi) is 3.24. The Morgan fingerprint density at radius 2 is 1.96 bits per heavy atom. The third kappa shape index (κ3) is 1.91. The molecular formula is C17H10F3NO4S. The smallest absolute Gasteiger partial charge is 0.381 e. The summed E-state index contributed by atoms with van der Waals surface area (Å²) in [7, 11) is -5.01. The van der Waals surface area contributed by atoms with Gasteiger partial charge in [0, 0.05) is 17.2 Å². The van der Waals surface area contributed by atoms with Crippen molar-refractivity contribution in [2.45, 2.75) is 28.6 Å². The topological polar surface area (TPSA) is 87.4 Å². The van der Waals surface area contributed by atoms with Gasteiger partial charge in [-0.25, -0.2) is 12.8 Å². The quantitative estimate of drug-likeness (QED) is 0.864. The second-order valence-electron chi connectivity index (χ2n) is 6.19. The van der Waals surface area contributed by atoms with Crippen LogP contribution in [0, 0.1) is 17.1 Å². The van der Waals surface area contributed by atoms with Gasteiger partial charge in [0.25, 0.3) is 0 Å². The van der Waals surface area contributed by atoms with Crippen LogP contribution in [0.4, 0.5) is 13.2 Å². The molecule has 0 radical (unpaired) electrons. The zero-order chi connectivity index (χ0) is 18.9. The lowest BCUT2D eigenvalue weighted by Gasteiger charge is -2.24. The number of hydrogen-bond acceptors (Lipinski definition) is 5. The number of rotatable bonds is 2. The predicted molar refractivity (Wildman–Crippen MR) is 82.0 cm³/mol. The molecule has 0 saturated carbocycles. The van der Waals surface area contributed by atoms with Crippen molar-refractivity contribution in [1.29, 1.82) is 5.26 Å². The Bertz CT molecular complexity index is 1110. The lowest BCUT2D eigenvalue weighted by molar-refractivity contribution is -0.125. The van der Waals surface area contributed by atoms with Crippen LogP contribution < -0.4 is 4.74 Å². The van der Waals surface area contributed by atoms with Crippen LogP contribution in [0.5, 0.6) is 11.5 Å². The fourth-order valence-electron chi connectivity index (χ4n) is 3.52. The molecule has 0 aromatic heterocycles. The molecule has 4 rings (SSSR count). The molecular weight excluding hydrogens is 371 g/mol. The van der Waals surface area contributed by atoms with Gasteiger partial charge >= 0.3 is 5.25 Å². The first-order valence-electron chi connectivity index (χ1n) is 7.51. The highest BCUT2D eigenvalue weighted by atomic mass is 32.2. The molecule has 2 aromatic rings. The summed E-state index contributed by atoms with van der Waals surface area (Å²) >= 11 is 0. The van der Waals surface area contributed by atoms with E-state index in [4.69, 9.17) is 10.00 Å². The van der Waals surface area contributed by atoms with Crippen molar-refractivity contribution in [1.82, 2.24) is 0 Å². The molecule has 5 nitrogen and oxygen atoms in total. The summed E-state index contributed by atoms with van der Waals surface area (Å²) in [5, 5.41) is 14.9. The lowest BCUT2D eigenvalue weighted by atomic mass is 9.96. The summed E-state index contributed by atoms with van der Waals surface area (Å²) in [6, 6.07) is 7.17. The van der Waals surface area contributed by atoms with E-state index in [1.807, 2.05) is 0 Å². The maximum atomic E-state index is 14.3. The fourth-order valence-corrected chi connectivity index (χ4v) is 5.26. The summed E-state index contributed by atoms with van der Waals surface area (Å²) < 4.78 is 71.9. The van der Waals surface area contributed by atoms with Crippen LogP contribution in [0.15, 0.2) is 35.2 Å². The first-order chi connectivity index (χ1) is 12.1. The molecule has 1 aliphatic carbocycles. The first-order valence-corrected chi connectivity index (χ1v) is 9.00. The van der Waals surface area contributed by atoms with E-state index >= 15 is 0 Å². The summed E-state index contributed by atoms with van der Waals surface area (Å²) in [6.07, 6.45) is -0.505. The third-order valence-corrected chi connectivity index (χ3v) is 6.65. The van der Waals surface area contributed by atoms with Crippen LogP contribution in [0.25, 0.3) is 0 Å². The molecule has 1 heterocycles. The average Bonchev–Trinajstić information content (AvgIpc) is 2.98. The monoisotopic (exact) mass is 381 g/mol. The summed E-state index contributed by atoms with van der Waals surface area (Å²) in [6.45, 7) is 0. The Hall–Kier alpha value is -2.57. The predicted octanol–water partition coefficient (Wildman–Crippen LogP) is 3.00. The van der Waals surface area contributed by atoms with E-state index in [2.05, 4.69) is 0 Å². The highest BCUT2D eigenvalue weighted by Crippen LogP contribution is 2.60. The van der Waals surface area contributed by atoms with Crippen LogP contribution in [0.1, 0.15) is 23.1 Å². The van der Waals surface area contributed by atoms with Gasteiger partial charge in [-0.05, 0) is 37.1 Å². The number of nitrogens with zero attached hydrogens (tertiary/aromatic N) is 1. The number of hydrogen-bond donors (Lipinski definition) is 1. The van der Waals surface area contributed by atoms with E-state index in [1.165, 1.54) is 12.1 Å². The van der Waals surface area contributed by atoms with Gasteiger partial charge in [0.1, 0.15) is 17.3 Å². The number of benzene rings is 2. The van der Waals surface area contributed by atoms with Gasteiger partial charge in [-0.2, -0.15) is 14.0 Å². The zero-order valence-electron chi connectivity index (χ0n) is 13.0. The molecule has 0 fully saturated rings. The summed E-state index contributed by atoms with van der Waals surface area (Å²) in [5.41, 5.74) is -3.04. The molecule has 134 valence electrons. The second-order valence-corrected chi connectivity index (χ2v) is 8.14. The van der Waals surface area contributed by atoms with Gasteiger partial charge in [0.15, 0.2) is 5.60 Å². The number of alkyl halides is 2. The summed E-state index contributed by atoms with van der Waals surface area (Å²) in [4.78, 5) is -0.623. The Morgan fingerprint density at radius 3 is 2.65 bits per heavy atom. The van der Waals surface area contributed by atoms with Crippen molar-refractivity contribution in [3.8, 4) is 17.6 Å². The number of ether oxygens (including phenoxy) is 1. The van der Waals surface area contributed by atoms with E-state index in [0.717, 1.165) is 18.2 Å². The van der Waals surface area contributed by atoms with Gasteiger partial charge < -0.3 is 9.84 Å². The van der Waals surface area contributed by atoms with Crippen LogP contribution >= 0.6 is 0 Å². The minimum atomic E-state index is -5.01. The molecule has 0 spiro atoms. The zero-order valence-corrected chi connectivity index (χ0v) is 13.8. The molecule has 0 bridgehead atoms. The highest BCUT2D eigenvalue weighted by Gasteiger charge is 2.72. The maximum Gasteiger partial charge on any atom is 0.381 e. The fraction of sp³-hybridized carbons (Fsp3) is 0.235. The largest absolute Gasteiger partial charge is 0.457 e. The molecule has 1 N–H and O–H groups in total. The van der Waals surface area contributed by atoms with E-state index in [9.17, 15) is 26.7 Å². The normalized spacial score (nSPS) is 24.1. The number of nitriles is 1. The average molecular weight is 381 g/mol. The first kappa shape index (κ1) is 16.9. The molecule has 9 heteroatoms. The van der Waals surface area contributed by atoms with Crippen molar-refractivity contribution in [3.05, 3.63) is 52.8 Å². The maximum absolute atomic E-state index is 14.3. The van der Waals surface area contributed by atoms with Gasteiger partial charge in [-0.1, -0.05) is 0 Å². The van der Waals surface area contributed by atoms with Crippen molar-refractivity contribution in [2.24, 2.45) is 0 Å². The second kappa shape index (κ2) is 4.99. The van der Waals surface area contributed by atoms with Crippen LogP contribution in [-0.2, 0) is 21.9 Å². The highest BCUT2D eigenvalue weighted by molar-refractivity contribution is 7.93.